The second kappa shape index (κ2) is 6.40. The number of hydrogen-bond donors (Lipinski definition) is 1. The quantitative estimate of drug-likeness (QED) is 0.728. The largest absolute Gasteiger partial charge is 0.385 e. The first-order valence-corrected chi connectivity index (χ1v) is 5.46. The van der Waals surface area contributed by atoms with Crippen LogP contribution in [0.4, 0.5) is 0 Å². The molecule has 0 saturated carbocycles. The molecule has 90 valence electrons. The molecule has 0 aliphatic rings. The fourth-order valence-corrected chi connectivity index (χ4v) is 1.49. The Bertz CT molecular complexity index is 336. The summed E-state index contributed by atoms with van der Waals surface area (Å²) in [4.78, 5) is 15.9. The molecule has 5 nitrogen and oxygen atoms in total. The number of nitrogens with two attached hydrogens (primary N) is 1. The van der Waals surface area contributed by atoms with Crippen LogP contribution in [0.3, 0.4) is 0 Å². The lowest BCUT2D eigenvalue weighted by Gasteiger charge is -2.10. The molecule has 0 aliphatic heterocycles. The molecule has 0 aliphatic carbocycles. The lowest BCUT2D eigenvalue weighted by molar-refractivity contribution is -0.120. The van der Waals surface area contributed by atoms with Crippen molar-refractivity contribution in [2.24, 2.45) is 5.73 Å². The number of nitrogens with zero attached hydrogens (tertiary/aromatic N) is 2. The summed E-state index contributed by atoms with van der Waals surface area (Å²) in [5.74, 6) is 0.790. The Morgan fingerprint density at radius 3 is 3.06 bits per heavy atom. The van der Waals surface area contributed by atoms with Gasteiger partial charge in [0, 0.05) is 32.7 Å². The molecule has 0 fully saturated rings. The zero-order valence-electron chi connectivity index (χ0n) is 9.85. The molecule has 1 atom stereocenters. The van der Waals surface area contributed by atoms with Crippen LogP contribution in [0, 0.1) is 0 Å². The van der Waals surface area contributed by atoms with E-state index in [2.05, 4.69) is 4.98 Å². The van der Waals surface area contributed by atoms with Crippen molar-refractivity contribution in [1.82, 2.24) is 9.55 Å². The van der Waals surface area contributed by atoms with Gasteiger partial charge in [-0.2, -0.15) is 0 Å². The standard InChI is InChI=1S/C11H19N3O2/c1-3-14-6-5-13-11(14)8-10(15)9(12)4-7-16-2/h5-6,9H,3-4,7-8,12H2,1-2H3. The number of imidazole rings is 1. The van der Waals surface area contributed by atoms with E-state index in [-0.39, 0.29) is 5.78 Å². The number of carbonyl (C=O) groups is 1. The van der Waals surface area contributed by atoms with E-state index < -0.39 is 6.04 Å². The highest BCUT2D eigenvalue weighted by Crippen LogP contribution is 2.02. The van der Waals surface area contributed by atoms with Gasteiger partial charge in [-0.25, -0.2) is 4.98 Å². The summed E-state index contributed by atoms with van der Waals surface area (Å²) < 4.78 is 6.84. The highest BCUT2D eigenvalue weighted by Gasteiger charge is 2.15. The smallest absolute Gasteiger partial charge is 0.157 e. The van der Waals surface area contributed by atoms with Gasteiger partial charge in [0.15, 0.2) is 5.78 Å². The van der Waals surface area contributed by atoms with Gasteiger partial charge in [-0.1, -0.05) is 0 Å². The molecular formula is C11H19N3O2. The van der Waals surface area contributed by atoms with E-state index in [0.29, 0.717) is 19.4 Å². The number of hydrogen-bond acceptors (Lipinski definition) is 4. The molecule has 1 rings (SSSR count). The van der Waals surface area contributed by atoms with Gasteiger partial charge in [-0.15, -0.1) is 0 Å². The van der Waals surface area contributed by atoms with Crippen molar-refractivity contribution in [2.75, 3.05) is 13.7 Å². The monoisotopic (exact) mass is 225 g/mol. The third kappa shape index (κ3) is 3.43. The number of aromatic nitrogens is 2. The molecule has 1 aromatic heterocycles. The normalized spacial score (nSPS) is 12.7. The summed E-state index contributed by atoms with van der Waals surface area (Å²) in [5, 5.41) is 0. The van der Waals surface area contributed by atoms with E-state index in [4.69, 9.17) is 10.5 Å². The molecule has 0 radical (unpaired) electrons. The van der Waals surface area contributed by atoms with Gasteiger partial charge in [-0.3, -0.25) is 4.79 Å². The second-order valence-corrected chi connectivity index (χ2v) is 3.66. The summed E-state index contributed by atoms with van der Waals surface area (Å²) in [6, 6.07) is -0.457. The molecule has 0 spiro atoms. The van der Waals surface area contributed by atoms with Gasteiger partial charge in [-0.05, 0) is 13.3 Å². The van der Waals surface area contributed by atoms with E-state index in [1.54, 1.807) is 13.3 Å². The van der Waals surface area contributed by atoms with Crippen LogP contribution in [0.2, 0.25) is 0 Å². The summed E-state index contributed by atoms with van der Waals surface area (Å²) in [7, 11) is 1.60. The van der Waals surface area contributed by atoms with E-state index in [0.717, 1.165) is 12.4 Å². The van der Waals surface area contributed by atoms with Crippen molar-refractivity contribution < 1.29 is 9.53 Å². The number of carbonyl (C=O) groups excluding carboxylic acids is 1. The molecule has 1 aromatic rings. The topological polar surface area (TPSA) is 70.1 Å². The molecule has 0 bridgehead atoms. The maximum Gasteiger partial charge on any atom is 0.157 e. The van der Waals surface area contributed by atoms with Gasteiger partial charge in [0.1, 0.15) is 5.82 Å². The zero-order valence-corrected chi connectivity index (χ0v) is 9.85. The number of ketones is 1. The van der Waals surface area contributed by atoms with E-state index >= 15 is 0 Å². The number of ether oxygens (including phenoxy) is 1. The maximum absolute atomic E-state index is 11.8. The predicted octanol–water partition coefficient (Wildman–Crippen LogP) is 0.378. The highest BCUT2D eigenvalue weighted by molar-refractivity contribution is 5.85. The first-order valence-electron chi connectivity index (χ1n) is 5.46. The molecule has 0 saturated heterocycles. The fraction of sp³-hybridized carbons (Fsp3) is 0.636. The Labute approximate surface area is 95.6 Å². The van der Waals surface area contributed by atoms with Crippen molar-refractivity contribution in [3.8, 4) is 0 Å². The summed E-state index contributed by atoms with van der Waals surface area (Å²) in [5.41, 5.74) is 5.74. The molecule has 2 N–H and O–H groups in total. The lowest BCUT2D eigenvalue weighted by atomic mass is 10.1. The van der Waals surface area contributed by atoms with Crippen LogP contribution in [0.5, 0.6) is 0 Å². The van der Waals surface area contributed by atoms with Crippen molar-refractivity contribution in [2.45, 2.75) is 32.4 Å². The summed E-state index contributed by atoms with van der Waals surface area (Å²) in [6.07, 6.45) is 4.42. The Kier molecular flexibility index (Phi) is 5.14. The number of aryl methyl sites for hydroxylation is 1. The van der Waals surface area contributed by atoms with Gasteiger partial charge in [0.05, 0.1) is 12.5 Å². The van der Waals surface area contributed by atoms with Crippen LogP contribution in [0.25, 0.3) is 0 Å². The molecular weight excluding hydrogens is 206 g/mol. The van der Waals surface area contributed by atoms with Crippen LogP contribution in [0.1, 0.15) is 19.2 Å². The Balaban J connectivity index is 2.50. The number of Topliss-reactive ketones (excluding diaryl/α,β-unsaturated/α-hetero) is 1. The van der Waals surface area contributed by atoms with Gasteiger partial charge in [0.25, 0.3) is 0 Å². The first kappa shape index (κ1) is 12.9. The van der Waals surface area contributed by atoms with Crippen molar-refractivity contribution in [3.05, 3.63) is 18.2 Å². The van der Waals surface area contributed by atoms with Gasteiger partial charge in [0.2, 0.25) is 0 Å². The number of methoxy groups -OCH3 is 1. The van der Waals surface area contributed by atoms with Gasteiger partial charge < -0.3 is 15.0 Å². The zero-order chi connectivity index (χ0) is 12.0. The molecule has 0 amide bonds. The van der Waals surface area contributed by atoms with Crippen LogP contribution >= 0.6 is 0 Å². The third-order valence-electron chi connectivity index (χ3n) is 2.52. The number of rotatable bonds is 7. The average molecular weight is 225 g/mol. The van der Waals surface area contributed by atoms with Gasteiger partial charge >= 0.3 is 0 Å². The minimum Gasteiger partial charge on any atom is -0.385 e. The van der Waals surface area contributed by atoms with Crippen molar-refractivity contribution in [1.29, 1.82) is 0 Å². The predicted molar refractivity (Wildman–Crippen MR) is 61.1 cm³/mol. The van der Waals surface area contributed by atoms with Crippen LogP contribution in [-0.4, -0.2) is 35.1 Å². The fourth-order valence-electron chi connectivity index (χ4n) is 1.49. The van der Waals surface area contributed by atoms with E-state index in [9.17, 15) is 4.79 Å². The molecule has 5 heteroatoms. The van der Waals surface area contributed by atoms with Crippen LogP contribution in [-0.2, 0) is 22.5 Å². The van der Waals surface area contributed by atoms with Crippen molar-refractivity contribution >= 4 is 5.78 Å². The second-order valence-electron chi connectivity index (χ2n) is 3.66. The highest BCUT2D eigenvalue weighted by atomic mass is 16.5. The van der Waals surface area contributed by atoms with Crippen LogP contribution in [0.15, 0.2) is 12.4 Å². The summed E-state index contributed by atoms with van der Waals surface area (Å²) in [6.45, 7) is 3.34. The molecule has 16 heavy (non-hydrogen) atoms. The molecule has 0 aromatic carbocycles. The van der Waals surface area contributed by atoms with Crippen LogP contribution < -0.4 is 5.73 Å². The SMILES string of the molecule is CCn1ccnc1CC(=O)C(N)CCOC. The minimum absolute atomic E-state index is 0.0120. The Hall–Kier alpha value is -1.20. The maximum atomic E-state index is 11.8. The summed E-state index contributed by atoms with van der Waals surface area (Å²) >= 11 is 0. The van der Waals surface area contributed by atoms with E-state index in [1.165, 1.54) is 0 Å². The lowest BCUT2D eigenvalue weighted by Crippen LogP contribution is -2.33. The van der Waals surface area contributed by atoms with Crippen molar-refractivity contribution in [3.63, 3.8) is 0 Å². The average Bonchev–Trinajstić information content (AvgIpc) is 2.72. The molecule has 1 heterocycles. The minimum atomic E-state index is -0.457. The first-order chi connectivity index (χ1) is 7.69. The Morgan fingerprint density at radius 1 is 1.69 bits per heavy atom. The third-order valence-corrected chi connectivity index (χ3v) is 2.52. The molecule has 1 unspecified atom stereocenters. The Morgan fingerprint density at radius 2 is 2.44 bits per heavy atom. The van der Waals surface area contributed by atoms with E-state index in [1.807, 2.05) is 17.7 Å².